The quantitative estimate of drug-likeness (QED) is 0.194. The van der Waals surface area contributed by atoms with Crippen LogP contribution in [0.25, 0.3) is 11.1 Å². The molecule has 0 saturated heterocycles. The fraction of sp³-hybridized carbons (Fsp3) is 0.667. The van der Waals surface area contributed by atoms with Crippen LogP contribution in [0.4, 0.5) is 0 Å². The van der Waals surface area contributed by atoms with E-state index in [9.17, 15) is 0 Å². The summed E-state index contributed by atoms with van der Waals surface area (Å²) in [5.74, 6) is 2.73. The Morgan fingerprint density at radius 1 is 0.611 bits per heavy atom. The van der Waals surface area contributed by atoms with Crippen molar-refractivity contribution in [3.05, 3.63) is 59.7 Å². The van der Waals surface area contributed by atoms with Gasteiger partial charge in [-0.1, -0.05) is 140 Å². The zero-order chi connectivity index (χ0) is 25.4. The molecule has 0 bridgehead atoms. The summed E-state index contributed by atoms with van der Waals surface area (Å²) in [6.45, 7) is 7.03. The van der Waals surface area contributed by atoms with Gasteiger partial charge in [-0.15, -0.1) is 0 Å². The highest BCUT2D eigenvalue weighted by Crippen LogP contribution is 2.39. The second-order valence-corrected chi connectivity index (χ2v) is 11.9. The fourth-order valence-electron chi connectivity index (χ4n) is 6.46. The van der Waals surface area contributed by atoms with Gasteiger partial charge in [-0.25, -0.2) is 0 Å². The summed E-state index contributed by atoms with van der Waals surface area (Å²) in [6.07, 6.45) is 25.1. The van der Waals surface area contributed by atoms with Gasteiger partial charge in [0.2, 0.25) is 0 Å². The van der Waals surface area contributed by atoms with Crippen molar-refractivity contribution in [1.29, 1.82) is 0 Å². The second kappa shape index (κ2) is 17.0. The average Bonchev–Trinajstić information content (AvgIpc) is 2.93. The van der Waals surface area contributed by atoms with Crippen molar-refractivity contribution in [1.82, 2.24) is 0 Å². The van der Waals surface area contributed by atoms with Crippen molar-refractivity contribution in [2.75, 3.05) is 0 Å². The third-order valence-corrected chi connectivity index (χ3v) is 9.05. The van der Waals surface area contributed by atoms with Crippen molar-refractivity contribution >= 4 is 0 Å². The van der Waals surface area contributed by atoms with E-state index in [-0.39, 0.29) is 0 Å². The van der Waals surface area contributed by atoms with E-state index >= 15 is 0 Å². The van der Waals surface area contributed by atoms with Gasteiger partial charge in [0.05, 0.1) is 0 Å². The maximum atomic E-state index is 2.42. The topological polar surface area (TPSA) is 0 Å². The number of aryl methyl sites for hydroxylation is 1. The molecule has 1 saturated carbocycles. The van der Waals surface area contributed by atoms with Crippen molar-refractivity contribution in [2.24, 2.45) is 11.8 Å². The van der Waals surface area contributed by atoms with E-state index in [0.29, 0.717) is 0 Å². The third kappa shape index (κ3) is 10.1. The molecule has 0 heteroatoms. The predicted molar refractivity (Wildman–Crippen MR) is 161 cm³/mol. The smallest absolute Gasteiger partial charge is 0.0162 e. The van der Waals surface area contributed by atoms with E-state index < -0.39 is 0 Å². The lowest BCUT2D eigenvalue weighted by molar-refractivity contribution is 0.256. The highest BCUT2D eigenvalue weighted by atomic mass is 14.3. The number of hydrogen-bond donors (Lipinski definition) is 0. The minimum absolute atomic E-state index is 0.778. The first-order valence-electron chi connectivity index (χ1n) is 15.9. The molecule has 0 amide bonds. The molecule has 36 heavy (non-hydrogen) atoms. The highest BCUT2D eigenvalue weighted by Gasteiger charge is 2.24. The van der Waals surface area contributed by atoms with Crippen molar-refractivity contribution in [3.8, 4) is 11.1 Å². The zero-order valence-electron chi connectivity index (χ0n) is 24.1. The molecule has 1 aliphatic rings. The average molecular weight is 489 g/mol. The molecule has 1 aliphatic carbocycles. The summed E-state index contributed by atoms with van der Waals surface area (Å²) in [4.78, 5) is 0. The lowest BCUT2D eigenvalue weighted by Crippen LogP contribution is -2.16. The monoisotopic (exact) mass is 488 g/mol. The van der Waals surface area contributed by atoms with Crippen LogP contribution in [-0.4, -0.2) is 0 Å². The lowest BCUT2D eigenvalue weighted by atomic mass is 9.74. The summed E-state index contributed by atoms with van der Waals surface area (Å²) in [5.41, 5.74) is 5.80. The van der Waals surface area contributed by atoms with Gasteiger partial charge in [0.1, 0.15) is 0 Å². The molecule has 200 valence electrons. The Morgan fingerprint density at radius 3 is 1.75 bits per heavy atom. The van der Waals surface area contributed by atoms with Crippen LogP contribution in [0, 0.1) is 11.8 Å². The number of hydrogen-bond acceptors (Lipinski definition) is 0. The lowest BCUT2D eigenvalue weighted by Gasteiger charge is -2.31. The van der Waals surface area contributed by atoms with Crippen LogP contribution in [0.5, 0.6) is 0 Å². The van der Waals surface area contributed by atoms with Gasteiger partial charge in [0, 0.05) is 0 Å². The second-order valence-electron chi connectivity index (χ2n) is 11.9. The van der Waals surface area contributed by atoms with Gasteiger partial charge < -0.3 is 0 Å². The van der Waals surface area contributed by atoms with Crippen molar-refractivity contribution < 1.29 is 0 Å². The summed E-state index contributed by atoms with van der Waals surface area (Å²) in [5, 5.41) is 0. The van der Waals surface area contributed by atoms with Gasteiger partial charge >= 0.3 is 0 Å². The zero-order valence-corrected chi connectivity index (χ0v) is 24.1. The normalized spacial score (nSPS) is 18.9. The highest BCUT2D eigenvalue weighted by molar-refractivity contribution is 5.64. The maximum Gasteiger partial charge on any atom is -0.0162 e. The van der Waals surface area contributed by atoms with Crippen LogP contribution in [0.2, 0.25) is 0 Å². The number of unbranched alkanes of at least 4 members (excludes halogenated alkanes) is 8. The summed E-state index contributed by atoms with van der Waals surface area (Å²) < 4.78 is 0. The Balaban J connectivity index is 1.39. The van der Waals surface area contributed by atoms with Gasteiger partial charge in [0.15, 0.2) is 0 Å². The number of rotatable bonds is 17. The standard InChI is InChI=1S/C36H56/c1-4-7-9-10-11-12-13-14-16-31-17-21-33(22-18-31)35-25-27-36(28-26-35)34-23-19-32(20-24-34)29-30(6-3)15-8-5-2/h17-18,21-22,25-28,30,32,34H,4-16,19-20,23-24,29H2,1-3H3. The van der Waals surface area contributed by atoms with Gasteiger partial charge in [-0.2, -0.15) is 0 Å². The van der Waals surface area contributed by atoms with E-state index in [1.807, 2.05) is 0 Å². The molecule has 0 nitrogen and oxygen atoms in total. The molecule has 0 radical (unpaired) electrons. The molecule has 2 aromatic carbocycles. The van der Waals surface area contributed by atoms with Crippen molar-refractivity contribution in [3.63, 3.8) is 0 Å². The molecule has 0 spiro atoms. The first-order valence-corrected chi connectivity index (χ1v) is 15.9. The van der Waals surface area contributed by atoms with Crippen molar-refractivity contribution in [2.45, 2.75) is 142 Å². The van der Waals surface area contributed by atoms with E-state index in [1.54, 1.807) is 5.56 Å². The minimum atomic E-state index is 0.778. The minimum Gasteiger partial charge on any atom is -0.0654 e. The van der Waals surface area contributed by atoms with Crippen LogP contribution in [0.1, 0.15) is 147 Å². The van der Waals surface area contributed by atoms with Crippen LogP contribution in [-0.2, 0) is 6.42 Å². The Morgan fingerprint density at radius 2 is 1.17 bits per heavy atom. The fourth-order valence-corrected chi connectivity index (χ4v) is 6.46. The molecular formula is C36H56. The maximum absolute atomic E-state index is 2.42. The molecule has 0 heterocycles. The Labute approximate surface area is 224 Å². The van der Waals surface area contributed by atoms with Crippen LogP contribution >= 0.6 is 0 Å². The van der Waals surface area contributed by atoms with Gasteiger partial charge in [0.25, 0.3) is 0 Å². The summed E-state index contributed by atoms with van der Waals surface area (Å²) in [7, 11) is 0. The molecule has 0 aliphatic heterocycles. The first-order chi connectivity index (χ1) is 17.7. The van der Waals surface area contributed by atoms with Crippen LogP contribution < -0.4 is 0 Å². The Kier molecular flexibility index (Phi) is 13.7. The van der Waals surface area contributed by atoms with E-state index in [0.717, 1.165) is 17.8 Å². The van der Waals surface area contributed by atoms with E-state index in [2.05, 4.69) is 69.3 Å². The Hall–Kier alpha value is -1.56. The van der Waals surface area contributed by atoms with Crippen LogP contribution in [0.15, 0.2) is 48.5 Å². The largest absolute Gasteiger partial charge is 0.0654 e. The molecule has 3 rings (SSSR count). The molecule has 1 atom stereocenters. The number of benzene rings is 2. The van der Waals surface area contributed by atoms with E-state index in [1.165, 1.54) is 132 Å². The summed E-state index contributed by atoms with van der Waals surface area (Å²) >= 11 is 0. The third-order valence-electron chi connectivity index (χ3n) is 9.05. The molecule has 0 aromatic heterocycles. The SMILES string of the molecule is CCCCCCCCCCc1ccc(-c2ccc(C3CCC(CC(CC)CCCC)CC3)cc2)cc1. The van der Waals surface area contributed by atoms with Crippen LogP contribution in [0.3, 0.4) is 0 Å². The molecule has 0 N–H and O–H groups in total. The molecule has 1 unspecified atom stereocenters. The molecule has 2 aromatic rings. The van der Waals surface area contributed by atoms with Gasteiger partial charge in [-0.3, -0.25) is 0 Å². The summed E-state index contributed by atoms with van der Waals surface area (Å²) in [6, 6.07) is 19.0. The van der Waals surface area contributed by atoms with Gasteiger partial charge in [-0.05, 0) is 85.0 Å². The predicted octanol–water partition coefficient (Wildman–Crippen LogP) is 11.9. The first kappa shape index (κ1) is 29.0. The van der Waals surface area contributed by atoms with E-state index in [4.69, 9.17) is 0 Å². The molecule has 1 fully saturated rings. The Bertz CT molecular complexity index is 791. The molecular weight excluding hydrogens is 432 g/mol.